The van der Waals surface area contributed by atoms with Crippen LogP contribution in [0.1, 0.15) is 30.4 Å². The third-order valence-electron chi connectivity index (χ3n) is 2.05. The van der Waals surface area contributed by atoms with Crippen molar-refractivity contribution in [1.29, 1.82) is 0 Å². The SMILES string of the molecule is CCOC(=O)c1cn([C@@H](C)COC)c(Br)n1. The molecule has 0 amide bonds. The van der Waals surface area contributed by atoms with E-state index in [1.54, 1.807) is 20.2 Å². The quantitative estimate of drug-likeness (QED) is 0.779. The van der Waals surface area contributed by atoms with Crippen LogP contribution >= 0.6 is 15.9 Å². The van der Waals surface area contributed by atoms with Gasteiger partial charge < -0.3 is 14.0 Å². The Morgan fingerprint density at radius 2 is 2.38 bits per heavy atom. The van der Waals surface area contributed by atoms with E-state index in [1.807, 2.05) is 11.5 Å². The van der Waals surface area contributed by atoms with E-state index in [9.17, 15) is 4.79 Å². The lowest BCUT2D eigenvalue weighted by Crippen LogP contribution is -2.10. The lowest BCUT2D eigenvalue weighted by Gasteiger charge is -2.12. The maximum Gasteiger partial charge on any atom is 0.358 e. The third-order valence-corrected chi connectivity index (χ3v) is 2.64. The molecule has 1 aromatic heterocycles. The Morgan fingerprint density at radius 1 is 1.69 bits per heavy atom. The number of aromatic nitrogens is 2. The van der Waals surface area contributed by atoms with Crippen molar-refractivity contribution in [3.63, 3.8) is 0 Å². The third kappa shape index (κ3) is 3.05. The summed E-state index contributed by atoms with van der Waals surface area (Å²) in [6.45, 7) is 4.64. The van der Waals surface area contributed by atoms with Crippen LogP contribution in [0.4, 0.5) is 0 Å². The molecule has 0 saturated heterocycles. The molecule has 0 fully saturated rings. The first-order valence-electron chi connectivity index (χ1n) is 5.00. The first-order chi connectivity index (χ1) is 7.60. The number of halogens is 1. The molecule has 90 valence electrons. The predicted molar refractivity (Wildman–Crippen MR) is 62.5 cm³/mol. The van der Waals surface area contributed by atoms with Gasteiger partial charge in [-0.3, -0.25) is 0 Å². The number of rotatable bonds is 5. The van der Waals surface area contributed by atoms with Crippen LogP contribution in [0.25, 0.3) is 0 Å². The standard InChI is InChI=1S/C10H15BrN2O3/c1-4-16-9(14)8-5-13(10(11)12-8)7(2)6-15-3/h5,7H,4,6H2,1-3H3/t7-/m0/s1. The van der Waals surface area contributed by atoms with Crippen molar-refractivity contribution in [3.05, 3.63) is 16.6 Å². The lowest BCUT2D eigenvalue weighted by molar-refractivity contribution is 0.0519. The molecule has 5 nitrogen and oxygen atoms in total. The summed E-state index contributed by atoms with van der Waals surface area (Å²) in [6, 6.07) is 0.107. The minimum absolute atomic E-state index is 0.107. The highest BCUT2D eigenvalue weighted by Gasteiger charge is 2.16. The van der Waals surface area contributed by atoms with E-state index in [4.69, 9.17) is 9.47 Å². The van der Waals surface area contributed by atoms with Crippen molar-refractivity contribution < 1.29 is 14.3 Å². The van der Waals surface area contributed by atoms with Crippen LogP contribution in [0.2, 0.25) is 0 Å². The lowest BCUT2D eigenvalue weighted by atomic mass is 10.3. The predicted octanol–water partition coefficient (Wildman–Crippen LogP) is 2.03. The van der Waals surface area contributed by atoms with E-state index in [0.29, 0.717) is 23.6 Å². The van der Waals surface area contributed by atoms with Crippen LogP contribution in [-0.4, -0.2) is 35.8 Å². The van der Waals surface area contributed by atoms with Gasteiger partial charge in [-0.25, -0.2) is 9.78 Å². The Morgan fingerprint density at radius 3 is 2.94 bits per heavy atom. The Hall–Kier alpha value is -0.880. The summed E-state index contributed by atoms with van der Waals surface area (Å²) < 4.78 is 12.3. The minimum atomic E-state index is -0.411. The van der Waals surface area contributed by atoms with E-state index in [-0.39, 0.29) is 6.04 Å². The Balaban J connectivity index is 2.84. The maximum absolute atomic E-state index is 11.4. The average molecular weight is 291 g/mol. The summed E-state index contributed by atoms with van der Waals surface area (Å²) in [4.78, 5) is 15.5. The fourth-order valence-electron chi connectivity index (χ4n) is 1.30. The molecular weight excluding hydrogens is 276 g/mol. The van der Waals surface area contributed by atoms with E-state index in [2.05, 4.69) is 20.9 Å². The molecule has 6 heteroatoms. The van der Waals surface area contributed by atoms with Crippen LogP contribution in [-0.2, 0) is 9.47 Å². The fraction of sp³-hybridized carbons (Fsp3) is 0.600. The summed E-state index contributed by atoms with van der Waals surface area (Å²) in [5.41, 5.74) is 0.302. The van der Waals surface area contributed by atoms with E-state index >= 15 is 0 Å². The topological polar surface area (TPSA) is 53.4 Å². The molecule has 0 radical (unpaired) electrons. The molecule has 1 aromatic rings. The second kappa shape index (κ2) is 6.00. The van der Waals surface area contributed by atoms with Crippen molar-refractivity contribution in [1.82, 2.24) is 9.55 Å². The first-order valence-corrected chi connectivity index (χ1v) is 5.79. The zero-order chi connectivity index (χ0) is 12.1. The van der Waals surface area contributed by atoms with Gasteiger partial charge in [0.2, 0.25) is 0 Å². The number of esters is 1. The Bertz CT molecular complexity index is 365. The van der Waals surface area contributed by atoms with Crippen LogP contribution in [0, 0.1) is 0 Å². The molecule has 1 rings (SSSR count). The highest BCUT2D eigenvalue weighted by atomic mass is 79.9. The number of hydrogen-bond donors (Lipinski definition) is 0. The normalized spacial score (nSPS) is 12.5. The van der Waals surface area contributed by atoms with Crippen molar-refractivity contribution in [2.24, 2.45) is 0 Å². The zero-order valence-electron chi connectivity index (χ0n) is 9.57. The fourth-order valence-corrected chi connectivity index (χ4v) is 1.95. The number of ether oxygens (including phenoxy) is 2. The molecule has 0 aliphatic rings. The largest absolute Gasteiger partial charge is 0.461 e. The molecule has 0 unspecified atom stereocenters. The molecule has 0 aliphatic heterocycles. The highest BCUT2D eigenvalue weighted by molar-refractivity contribution is 9.10. The summed E-state index contributed by atoms with van der Waals surface area (Å²) in [5.74, 6) is -0.411. The molecule has 0 saturated carbocycles. The Kier molecular flexibility index (Phi) is 4.95. The second-order valence-corrected chi connectivity index (χ2v) is 4.04. The first kappa shape index (κ1) is 13.2. The van der Waals surface area contributed by atoms with Crippen LogP contribution < -0.4 is 0 Å². The number of carbonyl (C=O) groups is 1. The molecule has 0 N–H and O–H groups in total. The van der Waals surface area contributed by atoms with E-state index < -0.39 is 5.97 Å². The van der Waals surface area contributed by atoms with Gasteiger partial charge in [0.1, 0.15) is 0 Å². The number of methoxy groups -OCH3 is 1. The van der Waals surface area contributed by atoms with Crippen molar-refractivity contribution in [2.75, 3.05) is 20.3 Å². The van der Waals surface area contributed by atoms with Gasteiger partial charge in [0.25, 0.3) is 0 Å². The maximum atomic E-state index is 11.4. The molecular formula is C10H15BrN2O3. The monoisotopic (exact) mass is 290 g/mol. The molecule has 1 atom stereocenters. The summed E-state index contributed by atoms with van der Waals surface area (Å²) in [5, 5.41) is 0. The smallest absolute Gasteiger partial charge is 0.358 e. The van der Waals surface area contributed by atoms with Gasteiger partial charge in [-0.05, 0) is 29.8 Å². The summed E-state index contributed by atoms with van der Waals surface area (Å²) in [7, 11) is 1.63. The molecule has 0 bridgehead atoms. The van der Waals surface area contributed by atoms with Gasteiger partial charge in [0.15, 0.2) is 10.4 Å². The van der Waals surface area contributed by atoms with Crippen molar-refractivity contribution in [2.45, 2.75) is 19.9 Å². The van der Waals surface area contributed by atoms with E-state index in [0.717, 1.165) is 0 Å². The highest BCUT2D eigenvalue weighted by Crippen LogP contribution is 2.17. The van der Waals surface area contributed by atoms with Gasteiger partial charge in [0.05, 0.1) is 19.3 Å². The molecule has 1 heterocycles. The van der Waals surface area contributed by atoms with Crippen LogP contribution in [0.15, 0.2) is 10.9 Å². The van der Waals surface area contributed by atoms with Gasteiger partial charge in [-0.15, -0.1) is 0 Å². The molecule has 16 heavy (non-hydrogen) atoms. The number of imidazole rings is 1. The van der Waals surface area contributed by atoms with Gasteiger partial charge in [-0.2, -0.15) is 0 Å². The minimum Gasteiger partial charge on any atom is -0.461 e. The Labute approximate surface area is 103 Å². The number of carbonyl (C=O) groups excluding carboxylic acids is 1. The van der Waals surface area contributed by atoms with Crippen LogP contribution in [0.3, 0.4) is 0 Å². The second-order valence-electron chi connectivity index (χ2n) is 3.33. The van der Waals surface area contributed by atoms with Gasteiger partial charge >= 0.3 is 5.97 Å². The molecule has 0 aromatic carbocycles. The molecule has 0 spiro atoms. The van der Waals surface area contributed by atoms with Crippen LogP contribution in [0.5, 0.6) is 0 Å². The molecule has 0 aliphatic carbocycles. The van der Waals surface area contributed by atoms with E-state index in [1.165, 1.54) is 0 Å². The van der Waals surface area contributed by atoms with Crippen molar-refractivity contribution >= 4 is 21.9 Å². The number of nitrogens with zero attached hydrogens (tertiary/aromatic N) is 2. The summed E-state index contributed by atoms with van der Waals surface area (Å²) >= 11 is 3.30. The van der Waals surface area contributed by atoms with Crippen molar-refractivity contribution in [3.8, 4) is 0 Å². The van der Waals surface area contributed by atoms with Gasteiger partial charge in [-0.1, -0.05) is 0 Å². The summed E-state index contributed by atoms with van der Waals surface area (Å²) in [6.07, 6.45) is 1.66. The zero-order valence-corrected chi connectivity index (χ0v) is 11.2. The number of hydrogen-bond acceptors (Lipinski definition) is 4. The average Bonchev–Trinajstić information content (AvgIpc) is 2.61. The van der Waals surface area contributed by atoms with Gasteiger partial charge in [0, 0.05) is 13.3 Å².